The lowest BCUT2D eigenvalue weighted by atomic mass is 9.87. The van der Waals surface area contributed by atoms with E-state index < -0.39 is 18.4 Å². The molecular formula is C29H36FN3O4. The molecule has 2 saturated heterocycles. The van der Waals surface area contributed by atoms with E-state index in [9.17, 15) is 18.8 Å². The topological polar surface area (TPSA) is 87.7 Å². The lowest BCUT2D eigenvalue weighted by molar-refractivity contribution is -0.121. The van der Waals surface area contributed by atoms with Gasteiger partial charge in [-0.3, -0.25) is 14.5 Å². The van der Waals surface area contributed by atoms with Crippen molar-refractivity contribution in [1.29, 1.82) is 0 Å². The molecule has 0 aromatic heterocycles. The van der Waals surface area contributed by atoms with Gasteiger partial charge in [0, 0.05) is 30.9 Å². The molecule has 0 spiro atoms. The van der Waals surface area contributed by atoms with Gasteiger partial charge in [0.1, 0.15) is 12.3 Å². The Kier molecular flexibility index (Phi) is 8.92. The van der Waals surface area contributed by atoms with E-state index in [-0.39, 0.29) is 43.5 Å². The number of rotatable bonds is 10. The highest BCUT2D eigenvalue weighted by atomic mass is 19.1. The van der Waals surface area contributed by atoms with Crippen LogP contribution in [0.1, 0.15) is 65.6 Å². The Bertz CT molecular complexity index is 1140. The first kappa shape index (κ1) is 26.8. The van der Waals surface area contributed by atoms with Gasteiger partial charge in [0.2, 0.25) is 5.91 Å². The van der Waals surface area contributed by atoms with Crippen molar-refractivity contribution in [2.24, 2.45) is 0 Å². The molecule has 0 saturated carbocycles. The molecule has 0 radical (unpaired) electrons. The van der Waals surface area contributed by atoms with Gasteiger partial charge in [0.15, 0.2) is 5.78 Å². The van der Waals surface area contributed by atoms with Gasteiger partial charge in [0.25, 0.3) is 0 Å². The quantitative estimate of drug-likeness (QED) is 0.462. The average Bonchev–Trinajstić information content (AvgIpc) is 3.27. The maximum absolute atomic E-state index is 14.6. The number of benzene rings is 2. The van der Waals surface area contributed by atoms with Crippen LogP contribution < -0.4 is 15.5 Å². The van der Waals surface area contributed by atoms with Gasteiger partial charge >= 0.3 is 6.09 Å². The second-order valence-electron chi connectivity index (χ2n) is 9.92. The van der Waals surface area contributed by atoms with Crippen molar-refractivity contribution in [3.05, 3.63) is 64.7 Å². The Hall–Kier alpha value is -3.26. The minimum Gasteiger partial charge on any atom is -0.442 e. The Balaban J connectivity index is 1.29. The molecule has 2 aliphatic heterocycles. The molecule has 0 aliphatic carbocycles. The van der Waals surface area contributed by atoms with Crippen LogP contribution in [-0.2, 0) is 16.0 Å². The Morgan fingerprint density at radius 1 is 1.19 bits per heavy atom. The second kappa shape index (κ2) is 12.3. The standard InChI is InChI=1S/C29H36FN3O4/c1-3-6-20-9-10-22(19(2)15-20)27(34)11-12-28(35)32-16-21-18-33(29(36)37-21)26-8-5-4-7-24(26)23-13-14-31-17-25(23)30/h4-5,7-10,15,21,23,25,31H,3,6,11-14,16-18H2,1-2H3,(H,32,35)/t21-,23?,25?/m0/s1. The van der Waals surface area contributed by atoms with Gasteiger partial charge in [-0.15, -0.1) is 0 Å². The number of aryl methyl sites for hydroxylation is 2. The number of ketones is 1. The van der Waals surface area contributed by atoms with Crippen LogP contribution in [0, 0.1) is 6.92 Å². The number of hydrogen-bond acceptors (Lipinski definition) is 5. The van der Waals surface area contributed by atoms with E-state index in [0.717, 1.165) is 30.5 Å². The number of anilines is 1. The minimum atomic E-state index is -1.02. The third-order valence-corrected chi connectivity index (χ3v) is 7.15. The summed E-state index contributed by atoms with van der Waals surface area (Å²) in [5, 5.41) is 5.85. The van der Waals surface area contributed by atoms with E-state index in [1.165, 1.54) is 10.5 Å². The number of piperidine rings is 1. The number of alkyl halides is 1. The van der Waals surface area contributed by atoms with E-state index >= 15 is 0 Å². The van der Waals surface area contributed by atoms with Gasteiger partial charge < -0.3 is 15.4 Å². The molecule has 2 aromatic rings. The molecule has 2 fully saturated rings. The first-order valence-electron chi connectivity index (χ1n) is 13.2. The number of amides is 2. The molecule has 2 unspecified atom stereocenters. The zero-order valence-corrected chi connectivity index (χ0v) is 21.6. The van der Waals surface area contributed by atoms with Crippen LogP contribution in [-0.4, -0.2) is 56.2 Å². The summed E-state index contributed by atoms with van der Waals surface area (Å²) in [6.45, 7) is 5.48. The predicted octanol–water partition coefficient (Wildman–Crippen LogP) is 4.47. The summed E-state index contributed by atoms with van der Waals surface area (Å²) in [6.07, 6.45) is 0.799. The largest absolute Gasteiger partial charge is 0.442 e. The highest BCUT2D eigenvalue weighted by Crippen LogP contribution is 2.36. The number of para-hydroxylation sites is 1. The van der Waals surface area contributed by atoms with Crippen LogP contribution >= 0.6 is 0 Å². The molecule has 2 N–H and O–H groups in total. The van der Waals surface area contributed by atoms with Crippen molar-refractivity contribution in [2.45, 2.75) is 64.1 Å². The van der Waals surface area contributed by atoms with Crippen molar-refractivity contribution < 1.29 is 23.5 Å². The number of halogens is 1. The van der Waals surface area contributed by atoms with Gasteiger partial charge in [-0.2, -0.15) is 0 Å². The summed E-state index contributed by atoms with van der Waals surface area (Å²) in [7, 11) is 0. The van der Waals surface area contributed by atoms with Gasteiger partial charge in [0.05, 0.1) is 18.8 Å². The molecule has 2 aromatic carbocycles. The minimum absolute atomic E-state index is 0.0603. The SMILES string of the molecule is CCCc1ccc(C(=O)CCC(=O)NC[C@H]2CN(c3ccccc3C3CCNCC3F)C(=O)O2)c(C)c1. The number of hydrogen-bond donors (Lipinski definition) is 2. The fraction of sp³-hybridized carbons (Fsp3) is 0.483. The molecular weight excluding hydrogens is 473 g/mol. The van der Waals surface area contributed by atoms with Crippen LogP contribution in [0.15, 0.2) is 42.5 Å². The monoisotopic (exact) mass is 509 g/mol. The summed E-state index contributed by atoms with van der Waals surface area (Å²) < 4.78 is 20.1. The Morgan fingerprint density at radius 2 is 2.00 bits per heavy atom. The van der Waals surface area contributed by atoms with E-state index in [2.05, 4.69) is 17.6 Å². The summed E-state index contributed by atoms with van der Waals surface area (Å²) in [5.41, 5.74) is 4.24. The van der Waals surface area contributed by atoms with E-state index in [1.54, 1.807) is 0 Å². The van der Waals surface area contributed by atoms with Crippen molar-refractivity contribution in [3.63, 3.8) is 0 Å². The van der Waals surface area contributed by atoms with Crippen molar-refractivity contribution in [1.82, 2.24) is 10.6 Å². The lowest BCUT2D eigenvalue weighted by Gasteiger charge is -2.30. The molecule has 3 atom stereocenters. The number of cyclic esters (lactones) is 1. The van der Waals surface area contributed by atoms with E-state index in [4.69, 9.17) is 4.74 Å². The zero-order valence-electron chi connectivity index (χ0n) is 21.6. The number of nitrogens with zero attached hydrogens (tertiary/aromatic N) is 1. The third kappa shape index (κ3) is 6.55. The molecule has 37 heavy (non-hydrogen) atoms. The predicted molar refractivity (Wildman–Crippen MR) is 141 cm³/mol. The molecule has 2 aliphatic rings. The molecule has 2 amide bonds. The fourth-order valence-corrected chi connectivity index (χ4v) is 5.20. The normalized spacial score (nSPS) is 21.5. The lowest BCUT2D eigenvalue weighted by Crippen LogP contribution is -2.38. The summed E-state index contributed by atoms with van der Waals surface area (Å²) in [4.78, 5) is 39.2. The maximum atomic E-state index is 14.6. The summed E-state index contributed by atoms with van der Waals surface area (Å²) in [6, 6.07) is 13.2. The molecule has 7 nitrogen and oxygen atoms in total. The average molecular weight is 510 g/mol. The Labute approximate surface area is 217 Å². The van der Waals surface area contributed by atoms with Crippen molar-refractivity contribution in [3.8, 4) is 0 Å². The summed E-state index contributed by atoms with van der Waals surface area (Å²) >= 11 is 0. The van der Waals surface area contributed by atoms with Gasteiger partial charge in [-0.25, -0.2) is 9.18 Å². The molecule has 8 heteroatoms. The number of Topliss-reactive ketones (excluding diaryl/α,β-unsaturated/α-hetero) is 1. The second-order valence-corrected chi connectivity index (χ2v) is 9.92. The molecule has 198 valence electrons. The van der Waals surface area contributed by atoms with Crippen LogP contribution in [0.4, 0.5) is 14.9 Å². The van der Waals surface area contributed by atoms with Crippen LogP contribution in [0.25, 0.3) is 0 Å². The highest BCUT2D eigenvalue weighted by molar-refractivity contribution is 5.99. The number of ether oxygens (including phenoxy) is 1. The highest BCUT2D eigenvalue weighted by Gasteiger charge is 2.36. The number of carbonyl (C=O) groups is 3. The first-order valence-corrected chi connectivity index (χ1v) is 13.2. The number of nitrogens with one attached hydrogen (secondary N) is 2. The fourth-order valence-electron chi connectivity index (χ4n) is 5.20. The third-order valence-electron chi connectivity index (χ3n) is 7.15. The van der Waals surface area contributed by atoms with E-state index in [0.29, 0.717) is 24.2 Å². The van der Waals surface area contributed by atoms with Gasteiger partial charge in [-0.1, -0.05) is 49.7 Å². The Morgan fingerprint density at radius 3 is 2.76 bits per heavy atom. The zero-order chi connectivity index (χ0) is 26.4. The molecule has 2 heterocycles. The van der Waals surface area contributed by atoms with Gasteiger partial charge in [-0.05, 0) is 49.1 Å². The van der Waals surface area contributed by atoms with Crippen LogP contribution in [0.5, 0.6) is 0 Å². The molecule has 0 bridgehead atoms. The first-order chi connectivity index (χ1) is 17.9. The van der Waals surface area contributed by atoms with Crippen molar-refractivity contribution in [2.75, 3.05) is 31.1 Å². The molecule has 4 rings (SSSR count). The summed E-state index contributed by atoms with van der Waals surface area (Å²) in [5.74, 6) is -0.610. The van der Waals surface area contributed by atoms with Crippen molar-refractivity contribution >= 4 is 23.5 Å². The smallest absolute Gasteiger partial charge is 0.414 e. The maximum Gasteiger partial charge on any atom is 0.414 e. The van der Waals surface area contributed by atoms with Crippen LogP contribution in [0.3, 0.4) is 0 Å². The van der Waals surface area contributed by atoms with Crippen LogP contribution in [0.2, 0.25) is 0 Å². The number of carbonyl (C=O) groups excluding carboxylic acids is 3. The van der Waals surface area contributed by atoms with E-state index in [1.807, 2.05) is 49.4 Å².